The molecule has 1 aromatic heterocycles. The number of carbonyl (C=O) groups is 1. The molecule has 0 spiro atoms. The van der Waals surface area contributed by atoms with Crippen molar-refractivity contribution < 1.29 is 4.79 Å². The first-order valence-corrected chi connectivity index (χ1v) is 5.57. The molecule has 2 rings (SSSR count). The zero-order valence-corrected chi connectivity index (χ0v) is 9.33. The van der Waals surface area contributed by atoms with E-state index in [-0.39, 0.29) is 5.69 Å². The van der Waals surface area contributed by atoms with Crippen molar-refractivity contribution in [3.63, 3.8) is 0 Å². The minimum atomic E-state index is -0.576. The summed E-state index contributed by atoms with van der Waals surface area (Å²) in [6.07, 6.45) is 0.670. The highest BCUT2D eigenvalue weighted by Gasteiger charge is 2.13. The lowest BCUT2D eigenvalue weighted by Gasteiger charge is -1.95. The predicted octanol–water partition coefficient (Wildman–Crippen LogP) is 1.42. The molecule has 2 aromatic rings. The van der Waals surface area contributed by atoms with Crippen LogP contribution in [0.4, 0.5) is 5.00 Å². The molecule has 16 heavy (non-hydrogen) atoms. The van der Waals surface area contributed by atoms with E-state index < -0.39 is 5.91 Å². The fraction of sp³-hybridized carbons (Fsp3) is 0.0909. The molecule has 1 aromatic carbocycles. The first-order chi connectivity index (χ1) is 7.66. The van der Waals surface area contributed by atoms with Crippen molar-refractivity contribution in [3.05, 3.63) is 46.6 Å². The van der Waals surface area contributed by atoms with Crippen LogP contribution in [0.25, 0.3) is 0 Å². The molecule has 0 radical (unpaired) electrons. The number of nitrogen functional groups attached to an aromatic ring is 1. The largest absolute Gasteiger partial charge is 0.389 e. The van der Waals surface area contributed by atoms with E-state index in [1.54, 1.807) is 0 Å². The molecule has 0 aliphatic heterocycles. The Balaban J connectivity index is 2.23. The van der Waals surface area contributed by atoms with Crippen LogP contribution >= 0.6 is 11.3 Å². The molecule has 4 nitrogen and oxygen atoms in total. The van der Waals surface area contributed by atoms with E-state index in [9.17, 15) is 4.79 Å². The maximum absolute atomic E-state index is 11.0. The normalized spacial score (nSPS) is 10.2. The van der Waals surface area contributed by atoms with Crippen LogP contribution in [-0.2, 0) is 6.42 Å². The summed E-state index contributed by atoms with van der Waals surface area (Å²) < 4.78 is 0. The topological polar surface area (TPSA) is 82.0 Å². The maximum atomic E-state index is 11.0. The Morgan fingerprint density at radius 1 is 1.31 bits per heavy atom. The molecule has 0 aliphatic carbocycles. The smallest absolute Gasteiger partial charge is 0.270 e. The number of nitrogens with two attached hydrogens (primary N) is 2. The van der Waals surface area contributed by atoms with E-state index in [4.69, 9.17) is 11.5 Å². The lowest BCUT2D eigenvalue weighted by molar-refractivity contribution is 0.0997. The lowest BCUT2D eigenvalue weighted by Crippen LogP contribution is -2.13. The zero-order valence-electron chi connectivity index (χ0n) is 8.51. The number of rotatable bonds is 3. The Kier molecular flexibility index (Phi) is 2.87. The van der Waals surface area contributed by atoms with Gasteiger partial charge in [0.15, 0.2) is 5.69 Å². The van der Waals surface area contributed by atoms with Crippen molar-refractivity contribution in [2.75, 3.05) is 5.73 Å². The second kappa shape index (κ2) is 4.32. The average Bonchev–Trinajstić information content (AvgIpc) is 2.61. The number of nitrogens with zero attached hydrogens (tertiary/aromatic N) is 1. The van der Waals surface area contributed by atoms with Crippen LogP contribution < -0.4 is 11.5 Å². The Morgan fingerprint density at radius 3 is 2.56 bits per heavy atom. The Bertz CT molecular complexity index is 507. The molecular weight excluding hydrogens is 222 g/mol. The quantitative estimate of drug-likeness (QED) is 0.841. The average molecular weight is 233 g/mol. The first kappa shape index (κ1) is 10.6. The number of hydrogen-bond acceptors (Lipinski definition) is 4. The van der Waals surface area contributed by atoms with Crippen LogP contribution in [0.1, 0.15) is 21.1 Å². The molecule has 0 bridgehead atoms. The standard InChI is InChI=1S/C11H11N3OS/c12-10(15)9-11(13)16-8(14-9)6-7-4-2-1-3-5-7/h1-5H,6,13H2,(H2,12,15). The number of amides is 1. The number of primary amides is 1. The van der Waals surface area contributed by atoms with E-state index in [0.29, 0.717) is 11.4 Å². The van der Waals surface area contributed by atoms with Crippen LogP contribution in [0.15, 0.2) is 30.3 Å². The second-order valence-electron chi connectivity index (χ2n) is 3.35. The number of anilines is 1. The third-order valence-electron chi connectivity index (χ3n) is 2.13. The number of carbonyl (C=O) groups excluding carboxylic acids is 1. The Morgan fingerprint density at radius 2 is 2.00 bits per heavy atom. The molecule has 82 valence electrons. The number of hydrogen-bond donors (Lipinski definition) is 2. The highest BCUT2D eigenvalue weighted by Crippen LogP contribution is 2.22. The van der Waals surface area contributed by atoms with E-state index in [2.05, 4.69) is 4.98 Å². The van der Waals surface area contributed by atoms with Crippen molar-refractivity contribution in [1.82, 2.24) is 4.98 Å². The number of benzene rings is 1. The molecule has 0 fully saturated rings. The molecule has 0 aliphatic rings. The molecule has 4 N–H and O–H groups in total. The van der Waals surface area contributed by atoms with Gasteiger partial charge >= 0.3 is 0 Å². The molecule has 1 heterocycles. The summed E-state index contributed by atoms with van der Waals surface area (Å²) in [4.78, 5) is 15.1. The molecular formula is C11H11N3OS. The minimum absolute atomic E-state index is 0.177. The molecule has 1 amide bonds. The molecule has 5 heteroatoms. The van der Waals surface area contributed by atoms with Gasteiger partial charge in [0.2, 0.25) is 0 Å². The fourth-order valence-electron chi connectivity index (χ4n) is 1.40. The highest BCUT2D eigenvalue weighted by molar-refractivity contribution is 7.15. The van der Waals surface area contributed by atoms with Crippen molar-refractivity contribution in [1.29, 1.82) is 0 Å². The first-order valence-electron chi connectivity index (χ1n) is 4.75. The SMILES string of the molecule is NC(=O)c1nc(Cc2ccccc2)sc1N. The predicted molar refractivity (Wildman–Crippen MR) is 64.3 cm³/mol. The molecule has 0 atom stereocenters. The van der Waals surface area contributed by atoms with Crippen molar-refractivity contribution >= 4 is 22.2 Å². The van der Waals surface area contributed by atoms with Gasteiger partial charge in [-0.2, -0.15) is 0 Å². The summed E-state index contributed by atoms with van der Waals surface area (Å²) in [5.41, 5.74) is 12.1. The van der Waals surface area contributed by atoms with Crippen LogP contribution in [0, 0.1) is 0 Å². The third-order valence-corrected chi connectivity index (χ3v) is 3.01. The Labute approximate surface area is 96.9 Å². The monoisotopic (exact) mass is 233 g/mol. The van der Waals surface area contributed by atoms with E-state index in [1.165, 1.54) is 11.3 Å². The van der Waals surface area contributed by atoms with Crippen LogP contribution in [0.2, 0.25) is 0 Å². The van der Waals surface area contributed by atoms with Gasteiger partial charge in [-0.05, 0) is 5.56 Å². The van der Waals surface area contributed by atoms with Gasteiger partial charge in [0.05, 0.1) is 5.01 Å². The summed E-state index contributed by atoms with van der Waals surface area (Å²) >= 11 is 1.30. The van der Waals surface area contributed by atoms with Crippen molar-refractivity contribution in [2.45, 2.75) is 6.42 Å². The highest BCUT2D eigenvalue weighted by atomic mass is 32.1. The maximum Gasteiger partial charge on any atom is 0.270 e. The minimum Gasteiger partial charge on any atom is -0.389 e. The fourth-order valence-corrected chi connectivity index (χ4v) is 2.27. The van der Waals surface area contributed by atoms with E-state index in [1.807, 2.05) is 30.3 Å². The van der Waals surface area contributed by atoms with Gasteiger partial charge < -0.3 is 11.5 Å². The lowest BCUT2D eigenvalue weighted by atomic mass is 10.2. The molecule has 0 saturated heterocycles. The van der Waals surface area contributed by atoms with E-state index in [0.717, 1.165) is 10.6 Å². The summed E-state index contributed by atoms with van der Waals surface area (Å²) in [5, 5.41) is 1.19. The van der Waals surface area contributed by atoms with Gasteiger partial charge in [0, 0.05) is 6.42 Å². The van der Waals surface area contributed by atoms with Gasteiger partial charge in [-0.3, -0.25) is 4.79 Å². The summed E-state index contributed by atoms with van der Waals surface area (Å²) in [7, 11) is 0. The van der Waals surface area contributed by atoms with Crippen molar-refractivity contribution in [2.24, 2.45) is 5.73 Å². The van der Waals surface area contributed by atoms with Crippen LogP contribution in [-0.4, -0.2) is 10.9 Å². The summed E-state index contributed by atoms with van der Waals surface area (Å²) in [6, 6.07) is 9.88. The molecule has 0 unspecified atom stereocenters. The summed E-state index contributed by atoms with van der Waals surface area (Å²) in [5.74, 6) is -0.576. The second-order valence-corrected chi connectivity index (χ2v) is 4.46. The summed E-state index contributed by atoms with van der Waals surface area (Å²) in [6.45, 7) is 0. The third kappa shape index (κ3) is 2.20. The van der Waals surface area contributed by atoms with Crippen molar-refractivity contribution in [3.8, 4) is 0 Å². The Hall–Kier alpha value is -1.88. The van der Waals surface area contributed by atoms with Gasteiger partial charge in [0.25, 0.3) is 5.91 Å². The van der Waals surface area contributed by atoms with Gasteiger partial charge in [-0.25, -0.2) is 4.98 Å². The van der Waals surface area contributed by atoms with Gasteiger partial charge in [0.1, 0.15) is 5.00 Å². The number of thiazole rings is 1. The van der Waals surface area contributed by atoms with Gasteiger partial charge in [-0.1, -0.05) is 30.3 Å². The van der Waals surface area contributed by atoms with Crippen LogP contribution in [0.3, 0.4) is 0 Å². The van der Waals surface area contributed by atoms with Gasteiger partial charge in [-0.15, -0.1) is 11.3 Å². The zero-order chi connectivity index (χ0) is 11.5. The number of aromatic nitrogens is 1. The van der Waals surface area contributed by atoms with Crippen LogP contribution in [0.5, 0.6) is 0 Å². The molecule has 0 saturated carbocycles. The van der Waals surface area contributed by atoms with E-state index >= 15 is 0 Å².